The Bertz CT molecular complexity index is 1090. The predicted molar refractivity (Wildman–Crippen MR) is 104 cm³/mol. The molecule has 0 radical (unpaired) electrons. The second kappa shape index (κ2) is 8.05. The van der Waals surface area contributed by atoms with Gasteiger partial charge in [0.2, 0.25) is 6.29 Å². The van der Waals surface area contributed by atoms with Gasteiger partial charge in [0.1, 0.15) is 52.6 Å². The van der Waals surface area contributed by atoms with Crippen molar-refractivity contribution in [2.75, 3.05) is 6.61 Å². The Kier molecular flexibility index (Phi) is 5.46. The van der Waals surface area contributed by atoms with E-state index in [0.29, 0.717) is 5.56 Å². The maximum atomic E-state index is 12.8. The number of hydrogen-bond donors (Lipinski definition) is 5. The van der Waals surface area contributed by atoms with Gasteiger partial charge in [0.05, 0.1) is 6.61 Å². The molecule has 5 unspecified atom stereocenters. The molecule has 3 aromatic rings. The maximum absolute atomic E-state index is 12.8. The fourth-order valence-electron chi connectivity index (χ4n) is 3.37. The molecule has 1 fully saturated rings. The van der Waals surface area contributed by atoms with Crippen molar-refractivity contribution in [1.82, 2.24) is 0 Å². The Morgan fingerprint density at radius 1 is 0.967 bits per heavy atom. The lowest BCUT2D eigenvalue weighted by atomic mass is 9.99. The van der Waals surface area contributed by atoms with Crippen molar-refractivity contribution in [3.8, 4) is 22.8 Å². The number of phenols is 1. The number of aliphatic hydroxyl groups is 4. The Balaban J connectivity index is 1.75. The van der Waals surface area contributed by atoms with E-state index in [1.54, 1.807) is 24.3 Å². The van der Waals surface area contributed by atoms with Gasteiger partial charge in [-0.1, -0.05) is 30.3 Å². The second-order valence-electron chi connectivity index (χ2n) is 6.97. The second-order valence-corrected chi connectivity index (χ2v) is 6.97. The molecule has 1 aliphatic heterocycles. The summed E-state index contributed by atoms with van der Waals surface area (Å²) in [5, 5.41) is 49.4. The van der Waals surface area contributed by atoms with Gasteiger partial charge in [-0.25, -0.2) is 0 Å². The maximum Gasteiger partial charge on any atom is 0.229 e. The molecule has 158 valence electrons. The van der Waals surface area contributed by atoms with Gasteiger partial charge in [-0.3, -0.25) is 4.79 Å². The summed E-state index contributed by atoms with van der Waals surface area (Å²) in [5.74, 6) is -0.129. The molecule has 30 heavy (non-hydrogen) atoms. The van der Waals surface area contributed by atoms with E-state index in [2.05, 4.69) is 0 Å². The van der Waals surface area contributed by atoms with Gasteiger partial charge < -0.3 is 39.4 Å². The van der Waals surface area contributed by atoms with Crippen LogP contribution >= 0.6 is 0 Å². The third kappa shape index (κ3) is 3.64. The van der Waals surface area contributed by atoms with Gasteiger partial charge in [0.25, 0.3) is 0 Å². The average molecular weight is 416 g/mol. The highest BCUT2D eigenvalue weighted by Gasteiger charge is 2.45. The number of hydrogen-bond acceptors (Lipinski definition) is 9. The molecule has 2 heterocycles. The Hall–Kier alpha value is -2.95. The van der Waals surface area contributed by atoms with Crippen LogP contribution in [0.3, 0.4) is 0 Å². The molecule has 5 N–H and O–H groups in total. The molecule has 0 aliphatic carbocycles. The van der Waals surface area contributed by atoms with Gasteiger partial charge in [-0.15, -0.1) is 0 Å². The molecular formula is C21H20O9. The summed E-state index contributed by atoms with van der Waals surface area (Å²) in [6.45, 7) is -0.631. The van der Waals surface area contributed by atoms with Crippen molar-refractivity contribution in [3.05, 3.63) is 58.8 Å². The van der Waals surface area contributed by atoms with E-state index in [1.165, 1.54) is 12.1 Å². The largest absolute Gasteiger partial charge is 0.508 e. The fourth-order valence-corrected chi connectivity index (χ4v) is 3.37. The van der Waals surface area contributed by atoms with Gasteiger partial charge in [0.15, 0.2) is 5.43 Å². The minimum absolute atomic E-state index is 0.00978. The highest BCUT2D eigenvalue weighted by Crippen LogP contribution is 2.33. The summed E-state index contributed by atoms with van der Waals surface area (Å²) in [5.41, 5.74) is 0.242. The third-order valence-electron chi connectivity index (χ3n) is 4.93. The number of ether oxygens (including phenoxy) is 2. The van der Waals surface area contributed by atoms with Crippen LogP contribution in [-0.4, -0.2) is 62.8 Å². The number of phenolic OH excluding ortho intramolecular Hbond substituents is 1. The monoisotopic (exact) mass is 416 g/mol. The van der Waals surface area contributed by atoms with Crippen molar-refractivity contribution in [1.29, 1.82) is 0 Å². The Morgan fingerprint density at radius 2 is 1.70 bits per heavy atom. The summed E-state index contributed by atoms with van der Waals surface area (Å²) in [6.07, 6.45) is -7.57. The number of benzene rings is 2. The SMILES string of the molecule is O=c1cc(-c2ccccc2)oc2cc(O)cc(OC3OC(CO)C(O)C(O)C3O)c12. The first-order valence-corrected chi connectivity index (χ1v) is 9.22. The predicted octanol–water partition coefficient (Wildman–Crippen LogP) is 0.344. The zero-order chi connectivity index (χ0) is 21.4. The van der Waals surface area contributed by atoms with Crippen LogP contribution in [0.25, 0.3) is 22.3 Å². The molecule has 5 atom stereocenters. The van der Waals surface area contributed by atoms with E-state index < -0.39 is 42.7 Å². The molecule has 1 aliphatic rings. The summed E-state index contributed by atoms with van der Waals surface area (Å²) < 4.78 is 16.6. The molecule has 2 aromatic carbocycles. The van der Waals surface area contributed by atoms with Gasteiger partial charge in [-0.2, -0.15) is 0 Å². The quantitative estimate of drug-likeness (QED) is 0.406. The van der Waals surface area contributed by atoms with Gasteiger partial charge >= 0.3 is 0 Å². The molecule has 4 rings (SSSR count). The van der Waals surface area contributed by atoms with Gasteiger partial charge in [0, 0.05) is 23.8 Å². The van der Waals surface area contributed by atoms with E-state index in [1.807, 2.05) is 6.07 Å². The molecule has 9 heteroatoms. The summed E-state index contributed by atoms with van der Waals surface area (Å²) in [4.78, 5) is 12.8. The zero-order valence-corrected chi connectivity index (χ0v) is 15.6. The molecule has 0 saturated carbocycles. The number of fused-ring (bicyclic) bond motifs is 1. The topological polar surface area (TPSA) is 150 Å². The van der Waals surface area contributed by atoms with Crippen LogP contribution in [0.2, 0.25) is 0 Å². The Labute approximate surface area is 170 Å². The van der Waals surface area contributed by atoms with E-state index in [9.17, 15) is 30.3 Å². The molecule has 9 nitrogen and oxygen atoms in total. The normalized spacial score (nSPS) is 26.6. The molecule has 1 saturated heterocycles. The fraction of sp³-hybridized carbons (Fsp3) is 0.286. The Morgan fingerprint density at radius 3 is 2.40 bits per heavy atom. The van der Waals surface area contributed by atoms with Crippen LogP contribution in [0.1, 0.15) is 0 Å². The summed E-state index contributed by atoms with van der Waals surface area (Å²) >= 11 is 0. The smallest absolute Gasteiger partial charge is 0.229 e. The molecule has 1 aromatic heterocycles. The van der Waals surface area contributed by atoms with Crippen LogP contribution in [0.4, 0.5) is 0 Å². The van der Waals surface area contributed by atoms with Crippen molar-refractivity contribution >= 4 is 11.0 Å². The van der Waals surface area contributed by atoms with Crippen molar-refractivity contribution in [2.45, 2.75) is 30.7 Å². The third-order valence-corrected chi connectivity index (χ3v) is 4.93. The van der Waals surface area contributed by atoms with Crippen LogP contribution in [0.5, 0.6) is 11.5 Å². The lowest BCUT2D eigenvalue weighted by Gasteiger charge is -2.39. The van der Waals surface area contributed by atoms with E-state index in [4.69, 9.17) is 13.9 Å². The zero-order valence-electron chi connectivity index (χ0n) is 15.6. The van der Waals surface area contributed by atoms with Crippen LogP contribution in [0.15, 0.2) is 57.7 Å². The number of aliphatic hydroxyl groups excluding tert-OH is 4. The van der Waals surface area contributed by atoms with E-state index in [0.717, 1.165) is 6.07 Å². The molecule has 0 spiro atoms. The molecule has 0 bridgehead atoms. The number of rotatable bonds is 4. The highest BCUT2D eigenvalue weighted by molar-refractivity contribution is 5.86. The van der Waals surface area contributed by atoms with Crippen LogP contribution in [-0.2, 0) is 4.74 Å². The highest BCUT2D eigenvalue weighted by atomic mass is 16.7. The summed E-state index contributed by atoms with van der Waals surface area (Å²) in [7, 11) is 0. The lowest BCUT2D eigenvalue weighted by Crippen LogP contribution is -2.60. The molecular weight excluding hydrogens is 396 g/mol. The van der Waals surface area contributed by atoms with Crippen molar-refractivity contribution < 1.29 is 39.4 Å². The summed E-state index contributed by atoms with van der Waals surface area (Å²) in [6, 6.07) is 12.6. The first-order valence-electron chi connectivity index (χ1n) is 9.22. The average Bonchev–Trinajstić information content (AvgIpc) is 2.74. The van der Waals surface area contributed by atoms with Crippen molar-refractivity contribution in [2.24, 2.45) is 0 Å². The van der Waals surface area contributed by atoms with Crippen LogP contribution in [0, 0.1) is 0 Å². The number of aromatic hydroxyl groups is 1. The first-order chi connectivity index (χ1) is 14.4. The first kappa shape index (κ1) is 20.3. The molecule has 0 amide bonds. The lowest BCUT2D eigenvalue weighted by molar-refractivity contribution is -0.277. The minimum Gasteiger partial charge on any atom is -0.508 e. The van der Waals surface area contributed by atoms with Crippen LogP contribution < -0.4 is 10.2 Å². The minimum atomic E-state index is -1.67. The standard InChI is InChI=1S/C21H20O9/c22-9-16-18(25)19(26)20(27)21(30-16)29-15-7-11(23)6-14-17(15)12(24)8-13(28-14)10-4-2-1-3-5-10/h1-8,16,18-23,25-27H,9H2. The van der Waals surface area contributed by atoms with Gasteiger partial charge in [-0.05, 0) is 0 Å². The van der Waals surface area contributed by atoms with E-state index in [-0.39, 0.29) is 28.2 Å². The van der Waals surface area contributed by atoms with Crippen molar-refractivity contribution in [3.63, 3.8) is 0 Å². The van der Waals surface area contributed by atoms with E-state index >= 15 is 0 Å².